The number of carbonyl (C=O) groups excluding carboxylic acids is 1. The molecular weight excluding hydrogens is 217 g/mol. The third-order valence-electron chi connectivity index (χ3n) is 2.58. The molecule has 0 unspecified atom stereocenters. The third-order valence-corrected chi connectivity index (χ3v) is 2.58. The van der Waals surface area contributed by atoms with Crippen molar-refractivity contribution in [2.24, 2.45) is 0 Å². The van der Waals surface area contributed by atoms with Gasteiger partial charge in [0.2, 0.25) is 5.78 Å². The maximum Gasteiger partial charge on any atom is 0.211 e. The number of hydrogen-bond donors (Lipinski definition) is 0. The molecule has 0 amide bonds. The van der Waals surface area contributed by atoms with Crippen LogP contribution in [0, 0.1) is 5.82 Å². The number of hydrogen-bond acceptors (Lipinski definition) is 2. The molecule has 1 aromatic heterocycles. The Hall–Kier alpha value is -2.03. The highest BCUT2D eigenvalue weighted by Crippen LogP contribution is 2.10. The molecule has 0 atom stereocenters. The SMILES string of the molecule is CCc1ccc(C(=O)c2ccc(F)cn2)cc1. The summed E-state index contributed by atoms with van der Waals surface area (Å²) in [6.07, 6.45) is 1.98. The highest BCUT2D eigenvalue weighted by molar-refractivity contribution is 6.07. The maximum absolute atomic E-state index is 12.7. The van der Waals surface area contributed by atoms with E-state index in [4.69, 9.17) is 0 Å². The van der Waals surface area contributed by atoms with Crippen molar-refractivity contribution in [1.82, 2.24) is 4.98 Å². The molecule has 0 N–H and O–H groups in total. The zero-order valence-electron chi connectivity index (χ0n) is 9.48. The fourth-order valence-corrected chi connectivity index (χ4v) is 1.55. The average molecular weight is 229 g/mol. The minimum Gasteiger partial charge on any atom is -0.287 e. The number of ketones is 1. The topological polar surface area (TPSA) is 30.0 Å². The molecule has 0 spiro atoms. The van der Waals surface area contributed by atoms with E-state index < -0.39 is 5.82 Å². The van der Waals surface area contributed by atoms with Crippen LogP contribution >= 0.6 is 0 Å². The van der Waals surface area contributed by atoms with E-state index in [0.29, 0.717) is 5.56 Å². The summed E-state index contributed by atoms with van der Waals surface area (Å²) in [4.78, 5) is 15.7. The summed E-state index contributed by atoms with van der Waals surface area (Å²) in [5, 5.41) is 0. The molecule has 3 heteroatoms. The fourth-order valence-electron chi connectivity index (χ4n) is 1.55. The predicted molar refractivity (Wildman–Crippen MR) is 63.4 cm³/mol. The molecule has 0 fully saturated rings. The summed E-state index contributed by atoms with van der Waals surface area (Å²) in [6, 6.07) is 10.00. The van der Waals surface area contributed by atoms with E-state index in [-0.39, 0.29) is 11.5 Å². The van der Waals surface area contributed by atoms with Crippen LogP contribution in [0.2, 0.25) is 0 Å². The number of nitrogens with zero attached hydrogens (tertiary/aromatic N) is 1. The van der Waals surface area contributed by atoms with Crippen molar-refractivity contribution in [1.29, 1.82) is 0 Å². The maximum atomic E-state index is 12.7. The Kier molecular flexibility index (Phi) is 3.28. The quantitative estimate of drug-likeness (QED) is 0.757. The van der Waals surface area contributed by atoms with Crippen molar-refractivity contribution in [2.45, 2.75) is 13.3 Å². The smallest absolute Gasteiger partial charge is 0.211 e. The Morgan fingerprint density at radius 2 is 1.88 bits per heavy atom. The van der Waals surface area contributed by atoms with Gasteiger partial charge in [-0.1, -0.05) is 31.2 Å². The van der Waals surface area contributed by atoms with Crippen molar-refractivity contribution < 1.29 is 9.18 Å². The monoisotopic (exact) mass is 229 g/mol. The highest BCUT2D eigenvalue weighted by atomic mass is 19.1. The van der Waals surface area contributed by atoms with E-state index in [2.05, 4.69) is 11.9 Å². The van der Waals surface area contributed by atoms with Crippen LogP contribution in [0.5, 0.6) is 0 Å². The lowest BCUT2D eigenvalue weighted by Crippen LogP contribution is -2.04. The molecule has 1 aromatic carbocycles. The summed E-state index contributed by atoms with van der Waals surface area (Å²) < 4.78 is 12.7. The second kappa shape index (κ2) is 4.87. The summed E-state index contributed by atoms with van der Waals surface area (Å²) in [6.45, 7) is 2.05. The van der Waals surface area contributed by atoms with Crippen molar-refractivity contribution in [3.05, 3.63) is 65.2 Å². The number of aryl methyl sites for hydroxylation is 1. The first-order valence-electron chi connectivity index (χ1n) is 5.46. The van der Waals surface area contributed by atoms with Gasteiger partial charge in [-0.05, 0) is 24.1 Å². The van der Waals surface area contributed by atoms with E-state index in [1.54, 1.807) is 12.1 Å². The molecule has 0 saturated heterocycles. The van der Waals surface area contributed by atoms with Crippen molar-refractivity contribution in [3.8, 4) is 0 Å². The number of aromatic nitrogens is 1. The predicted octanol–water partition coefficient (Wildman–Crippen LogP) is 3.01. The Labute approximate surface area is 99.1 Å². The number of benzene rings is 1. The zero-order chi connectivity index (χ0) is 12.3. The van der Waals surface area contributed by atoms with Gasteiger partial charge in [0.25, 0.3) is 0 Å². The number of halogens is 1. The molecule has 0 aliphatic carbocycles. The van der Waals surface area contributed by atoms with Gasteiger partial charge < -0.3 is 0 Å². The summed E-state index contributed by atoms with van der Waals surface area (Å²) in [5.74, 6) is -0.629. The van der Waals surface area contributed by atoms with Crippen LogP contribution in [0.4, 0.5) is 4.39 Å². The van der Waals surface area contributed by atoms with Crippen molar-refractivity contribution >= 4 is 5.78 Å². The molecular formula is C14H12FNO. The summed E-state index contributed by atoms with van der Waals surface area (Å²) in [5.41, 5.74) is 2.01. The van der Waals surface area contributed by atoms with E-state index in [9.17, 15) is 9.18 Å². The first-order valence-corrected chi connectivity index (χ1v) is 5.46. The lowest BCUT2D eigenvalue weighted by molar-refractivity contribution is 0.103. The summed E-state index contributed by atoms with van der Waals surface area (Å²) in [7, 11) is 0. The lowest BCUT2D eigenvalue weighted by atomic mass is 10.0. The number of pyridine rings is 1. The van der Waals surface area contributed by atoms with E-state index in [1.165, 1.54) is 17.7 Å². The van der Waals surface area contributed by atoms with Crippen LogP contribution in [0.1, 0.15) is 28.5 Å². The minimum atomic E-state index is -0.442. The number of carbonyl (C=O) groups is 1. The summed E-state index contributed by atoms with van der Waals surface area (Å²) >= 11 is 0. The van der Waals surface area contributed by atoms with Gasteiger partial charge in [0.05, 0.1) is 6.20 Å². The standard InChI is InChI=1S/C14H12FNO/c1-2-10-3-5-11(6-4-10)14(17)13-8-7-12(15)9-16-13/h3-9H,2H2,1H3. The second-order valence-corrected chi connectivity index (χ2v) is 3.74. The van der Waals surface area contributed by atoms with Gasteiger partial charge in [0.1, 0.15) is 11.5 Å². The van der Waals surface area contributed by atoms with Gasteiger partial charge in [-0.2, -0.15) is 0 Å². The molecule has 2 rings (SSSR count). The molecule has 2 aromatic rings. The van der Waals surface area contributed by atoms with Gasteiger partial charge in [-0.25, -0.2) is 9.37 Å². The average Bonchev–Trinajstić information content (AvgIpc) is 2.39. The fraction of sp³-hybridized carbons (Fsp3) is 0.143. The van der Waals surface area contributed by atoms with Gasteiger partial charge in [0.15, 0.2) is 0 Å². The Morgan fingerprint density at radius 1 is 1.18 bits per heavy atom. The molecule has 1 heterocycles. The molecule has 0 aliphatic heterocycles. The lowest BCUT2D eigenvalue weighted by Gasteiger charge is -2.01. The van der Waals surface area contributed by atoms with Gasteiger partial charge in [0, 0.05) is 5.56 Å². The molecule has 17 heavy (non-hydrogen) atoms. The van der Waals surface area contributed by atoms with Crippen LogP contribution < -0.4 is 0 Å². The molecule has 0 aliphatic rings. The Balaban J connectivity index is 2.27. The zero-order valence-corrected chi connectivity index (χ0v) is 9.48. The minimum absolute atomic E-state index is 0.187. The first-order chi connectivity index (χ1) is 8.20. The third kappa shape index (κ3) is 2.56. The Bertz CT molecular complexity index is 517. The Morgan fingerprint density at radius 3 is 2.41 bits per heavy atom. The van der Waals surface area contributed by atoms with Crippen LogP contribution in [0.3, 0.4) is 0 Å². The molecule has 0 saturated carbocycles. The molecule has 0 bridgehead atoms. The van der Waals surface area contributed by atoms with Crippen LogP contribution in [0.25, 0.3) is 0 Å². The van der Waals surface area contributed by atoms with E-state index >= 15 is 0 Å². The van der Waals surface area contributed by atoms with Crippen LogP contribution in [0.15, 0.2) is 42.6 Å². The van der Waals surface area contributed by atoms with Crippen molar-refractivity contribution in [2.75, 3.05) is 0 Å². The van der Waals surface area contributed by atoms with Gasteiger partial charge >= 0.3 is 0 Å². The largest absolute Gasteiger partial charge is 0.287 e. The van der Waals surface area contributed by atoms with E-state index in [0.717, 1.165) is 12.6 Å². The van der Waals surface area contributed by atoms with E-state index in [1.807, 2.05) is 12.1 Å². The molecule has 2 nitrogen and oxygen atoms in total. The highest BCUT2D eigenvalue weighted by Gasteiger charge is 2.10. The first kappa shape index (κ1) is 11.5. The molecule has 86 valence electrons. The number of rotatable bonds is 3. The van der Waals surface area contributed by atoms with Gasteiger partial charge in [-0.3, -0.25) is 4.79 Å². The van der Waals surface area contributed by atoms with Crippen LogP contribution in [-0.2, 0) is 6.42 Å². The van der Waals surface area contributed by atoms with Crippen LogP contribution in [-0.4, -0.2) is 10.8 Å². The molecule has 0 radical (unpaired) electrons. The normalized spacial score (nSPS) is 10.2. The van der Waals surface area contributed by atoms with Crippen molar-refractivity contribution in [3.63, 3.8) is 0 Å². The van der Waals surface area contributed by atoms with Gasteiger partial charge in [-0.15, -0.1) is 0 Å². The second-order valence-electron chi connectivity index (χ2n) is 3.74.